The number of carbonyl (C=O) groups is 3. The Labute approximate surface area is 237 Å². The fraction of sp³-hybridized carbons (Fsp3) is 0.115. The number of imidazole rings is 1. The number of benzene rings is 3. The average molecular weight is 596 g/mol. The summed E-state index contributed by atoms with van der Waals surface area (Å²) in [4.78, 5) is 42.6. The Morgan fingerprint density at radius 3 is 2.31 bits per heavy atom. The van der Waals surface area contributed by atoms with Gasteiger partial charge in [-0.15, -0.1) is 0 Å². The van der Waals surface area contributed by atoms with Crippen LogP contribution >= 0.6 is 0 Å². The number of carboxylic acids is 1. The number of nitrogen functional groups attached to an aromatic ring is 1. The number of phenols is 2. The van der Waals surface area contributed by atoms with Crippen LogP contribution in [0.2, 0.25) is 0 Å². The van der Waals surface area contributed by atoms with Gasteiger partial charge in [-0.2, -0.15) is 0 Å². The van der Waals surface area contributed by atoms with Crippen molar-refractivity contribution >= 4 is 44.7 Å². The highest BCUT2D eigenvalue weighted by Crippen LogP contribution is 2.42. The predicted molar refractivity (Wildman–Crippen MR) is 150 cm³/mol. The zero-order chi connectivity index (χ0) is 30.9. The highest BCUT2D eigenvalue weighted by molar-refractivity contribution is 7.89. The van der Waals surface area contributed by atoms with Gasteiger partial charge in [0.25, 0.3) is 0 Å². The molecule has 1 unspecified atom stereocenters. The number of aromatic nitrogens is 2. The number of carbonyl (C=O) groups excluding carboxylic acids is 2. The predicted octanol–water partition coefficient (Wildman–Crippen LogP) is 0.227. The van der Waals surface area contributed by atoms with E-state index in [0.29, 0.717) is 16.6 Å². The van der Waals surface area contributed by atoms with Crippen LogP contribution in [-0.2, 0) is 30.8 Å². The number of carboxylic acid groups (broad SMARTS) is 1. The highest BCUT2D eigenvalue weighted by Gasteiger charge is 2.24. The first-order valence-corrected chi connectivity index (χ1v) is 13.6. The molecule has 1 atom stereocenters. The van der Waals surface area contributed by atoms with Crippen LogP contribution in [-0.4, -0.2) is 63.4 Å². The van der Waals surface area contributed by atoms with E-state index >= 15 is 0 Å². The van der Waals surface area contributed by atoms with Crippen molar-refractivity contribution in [3.8, 4) is 34.0 Å². The number of primary amides is 1. The monoisotopic (exact) mass is 595 g/mol. The van der Waals surface area contributed by atoms with Gasteiger partial charge in [-0.25, -0.2) is 23.3 Å². The van der Waals surface area contributed by atoms with E-state index in [0.717, 1.165) is 18.2 Å². The van der Waals surface area contributed by atoms with E-state index in [9.17, 15) is 38.1 Å². The van der Waals surface area contributed by atoms with E-state index in [1.54, 1.807) is 18.2 Å². The van der Waals surface area contributed by atoms with Crippen LogP contribution in [0.15, 0.2) is 53.4 Å². The lowest BCUT2D eigenvalue weighted by atomic mass is 9.95. The fourth-order valence-electron chi connectivity index (χ4n) is 4.23. The summed E-state index contributed by atoms with van der Waals surface area (Å²) >= 11 is 0. The number of sulfonamides is 1. The number of fused-ring (bicyclic) bond motifs is 1. The number of hydrogen-bond donors (Lipinski definition) is 9. The number of hydrogen-bond acceptors (Lipinski definition) is 9. The number of aliphatic carboxylic acids is 1. The molecule has 0 saturated carbocycles. The first kappa shape index (κ1) is 29.5. The Hall–Kier alpha value is -5.48. The summed E-state index contributed by atoms with van der Waals surface area (Å²) in [6, 6.07) is 8.99. The van der Waals surface area contributed by atoms with E-state index in [2.05, 4.69) is 15.3 Å². The number of aromatic hydroxyl groups is 2. The smallest absolute Gasteiger partial charge is 0.326 e. The molecule has 0 aliphatic heterocycles. The van der Waals surface area contributed by atoms with Gasteiger partial charge in [0.1, 0.15) is 29.2 Å². The Morgan fingerprint density at radius 1 is 1.00 bits per heavy atom. The van der Waals surface area contributed by atoms with Gasteiger partial charge in [0.15, 0.2) is 0 Å². The molecule has 0 spiro atoms. The number of amides is 2. The quantitative estimate of drug-likeness (QED) is 0.0887. The van der Waals surface area contributed by atoms with Gasteiger partial charge >= 0.3 is 5.97 Å². The molecule has 16 heteroatoms. The maximum atomic E-state index is 12.8. The summed E-state index contributed by atoms with van der Waals surface area (Å²) in [7, 11) is -4.21. The highest BCUT2D eigenvalue weighted by atomic mass is 32.2. The van der Waals surface area contributed by atoms with Gasteiger partial charge in [0.2, 0.25) is 21.8 Å². The van der Waals surface area contributed by atoms with Crippen molar-refractivity contribution in [2.75, 3.05) is 0 Å². The number of H-pyrrole nitrogens is 1. The Kier molecular flexibility index (Phi) is 7.86. The molecule has 42 heavy (non-hydrogen) atoms. The molecule has 0 aliphatic carbocycles. The lowest BCUT2D eigenvalue weighted by Gasteiger charge is -2.16. The fourth-order valence-corrected chi connectivity index (χ4v) is 4.77. The minimum atomic E-state index is -4.21. The van der Waals surface area contributed by atoms with E-state index < -0.39 is 58.2 Å². The molecule has 1 heterocycles. The number of nitrogens with zero attached hydrogens (tertiary/aromatic N) is 1. The summed E-state index contributed by atoms with van der Waals surface area (Å²) in [6.07, 6.45) is -1.12. The third-order valence-corrected chi connectivity index (χ3v) is 7.12. The zero-order valence-electron chi connectivity index (χ0n) is 21.6. The normalized spacial score (nSPS) is 12.1. The summed E-state index contributed by atoms with van der Waals surface area (Å²) < 4.78 is 24.0. The van der Waals surface area contributed by atoms with Crippen LogP contribution in [0.1, 0.15) is 17.5 Å². The number of aromatic amines is 1. The van der Waals surface area contributed by atoms with Crippen LogP contribution in [0, 0.1) is 5.41 Å². The minimum Gasteiger partial charge on any atom is -0.507 e. The zero-order valence-corrected chi connectivity index (χ0v) is 22.4. The number of nitrogens with two attached hydrogens (primary N) is 3. The molecule has 1 aromatic heterocycles. The molecule has 4 rings (SSSR count). The number of primary sulfonamides is 1. The molecule has 0 aliphatic rings. The van der Waals surface area contributed by atoms with Crippen LogP contribution < -0.4 is 21.9 Å². The number of nitrogens with one attached hydrogen (secondary N) is 3. The third kappa shape index (κ3) is 6.29. The third-order valence-electron chi connectivity index (χ3n) is 6.21. The van der Waals surface area contributed by atoms with E-state index in [-0.39, 0.29) is 38.8 Å². The maximum Gasteiger partial charge on any atom is 0.326 e. The lowest BCUT2D eigenvalue weighted by molar-refractivity contribution is -0.143. The standard InChI is InChI=1S/C26H25N7O8S/c27-21(35)10-19(26(38)39)31-22(36)7-11-5-15(14-9-13(42(30,40)41)2-4-20(14)34)23(37)16(6-11)25-32-17-3-1-12(24(28)29)8-18(17)33-25/h1-6,8-9,19,34,37H,7,10H2,(H2,27,35)(H3,28,29)(H,31,36)(H,32,33)(H,38,39)(H2,30,40,41). The van der Waals surface area contributed by atoms with Crippen molar-refractivity contribution in [3.63, 3.8) is 0 Å². The second kappa shape index (κ2) is 11.2. The number of phenolic OH excluding ortho intramolecular Hbond substituents is 2. The lowest BCUT2D eigenvalue weighted by Crippen LogP contribution is -2.43. The first-order chi connectivity index (χ1) is 19.6. The molecule has 0 radical (unpaired) electrons. The Bertz CT molecular complexity index is 1890. The Balaban J connectivity index is 1.87. The van der Waals surface area contributed by atoms with Gasteiger partial charge in [0, 0.05) is 16.7 Å². The molecule has 4 aromatic rings. The second-order valence-corrected chi connectivity index (χ2v) is 10.9. The van der Waals surface area contributed by atoms with E-state index in [1.165, 1.54) is 12.1 Å². The van der Waals surface area contributed by atoms with Gasteiger partial charge in [-0.05, 0) is 54.1 Å². The van der Waals surface area contributed by atoms with Gasteiger partial charge < -0.3 is 37.1 Å². The Morgan fingerprint density at radius 2 is 1.69 bits per heavy atom. The van der Waals surface area contributed by atoms with Crippen LogP contribution in [0.5, 0.6) is 11.5 Å². The van der Waals surface area contributed by atoms with Crippen LogP contribution in [0.3, 0.4) is 0 Å². The molecular formula is C26H25N7O8S. The van der Waals surface area contributed by atoms with Crippen LogP contribution in [0.4, 0.5) is 0 Å². The van der Waals surface area contributed by atoms with E-state index in [4.69, 9.17) is 22.0 Å². The second-order valence-electron chi connectivity index (χ2n) is 9.30. The van der Waals surface area contributed by atoms with Crippen molar-refractivity contribution < 1.29 is 38.1 Å². The average Bonchev–Trinajstić information content (AvgIpc) is 3.32. The first-order valence-electron chi connectivity index (χ1n) is 12.0. The maximum absolute atomic E-state index is 12.8. The molecule has 12 N–H and O–H groups in total. The number of amidine groups is 1. The van der Waals surface area contributed by atoms with Gasteiger partial charge in [-0.3, -0.25) is 15.0 Å². The molecule has 3 aromatic carbocycles. The molecule has 0 saturated heterocycles. The molecule has 15 nitrogen and oxygen atoms in total. The van der Waals surface area contributed by atoms with Crippen molar-refractivity contribution in [2.24, 2.45) is 16.6 Å². The van der Waals surface area contributed by atoms with Gasteiger partial charge in [-0.1, -0.05) is 0 Å². The SMILES string of the molecule is N=C(N)c1ccc2nc(-c3cc(CC(=O)NC(CC(N)=O)C(=O)O)cc(-c4cc(S(N)(=O)=O)ccc4O)c3O)[nH]c2c1. The topological polar surface area (TPSA) is 289 Å². The summed E-state index contributed by atoms with van der Waals surface area (Å²) in [5, 5.41) is 46.3. The minimum absolute atomic E-state index is 0.0307. The summed E-state index contributed by atoms with van der Waals surface area (Å²) in [5.74, 6) is -4.20. The van der Waals surface area contributed by atoms with Crippen molar-refractivity contribution in [1.29, 1.82) is 5.41 Å². The molecule has 2 amide bonds. The number of rotatable bonds is 10. The van der Waals surface area contributed by atoms with Crippen molar-refractivity contribution in [1.82, 2.24) is 15.3 Å². The van der Waals surface area contributed by atoms with E-state index in [1.807, 2.05) is 0 Å². The molecule has 218 valence electrons. The molecule has 0 bridgehead atoms. The largest absolute Gasteiger partial charge is 0.507 e. The molecular weight excluding hydrogens is 570 g/mol. The summed E-state index contributed by atoms with van der Waals surface area (Å²) in [5.41, 5.74) is 11.9. The van der Waals surface area contributed by atoms with Crippen molar-refractivity contribution in [3.05, 3.63) is 59.7 Å². The van der Waals surface area contributed by atoms with Crippen molar-refractivity contribution in [2.45, 2.75) is 23.8 Å². The van der Waals surface area contributed by atoms with Crippen LogP contribution in [0.25, 0.3) is 33.5 Å². The van der Waals surface area contributed by atoms with Gasteiger partial charge in [0.05, 0.1) is 34.3 Å². The molecule has 0 fully saturated rings. The summed E-state index contributed by atoms with van der Waals surface area (Å²) in [6.45, 7) is 0.